The van der Waals surface area contributed by atoms with Crippen LogP contribution in [-0.4, -0.2) is 22.5 Å². The third-order valence-electron chi connectivity index (χ3n) is 3.68. The summed E-state index contributed by atoms with van der Waals surface area (Å²) >= 11 is 0. The van der Waals surface area contributed by atoms with E-state index in [0.29, 0.717) is 11.5 Å². The van der Waals surface area contributed by atoms with Gasteiger partial charge in [0.2, 0.25) is 11.8 Å². The van der Waals surface area contributed by atoms with Crippen LogP contribution in [0.5, 0.6) is 0 Å². The van der Waals surface area contributed by atoms with E-state index in [-0.39, 0.29) is 24.2 Å². The predicted molar refractivity (Wildman–Crippen MR) is 85.3 cm³/mol. The highest BCUT2D eigenvalue weighted by molar-refractivity contribution is 6.05. The fourth-order valence-corrected chi connectivity index (χ4v) is 2.50. The van der Waals surface area contributed by atoms with Crippen molar-refractivity contribution in [1.29, 1.82) is 0 Å². The van der Waals surface area contributed by atoms with Gasteiger partial charge in [0.25, 0.3) is 0 Å². The second kappa shape index (κ2) is 8.26. The molecule has 0 unspecified atom stereocenters. The van der Waals surface area contributed by atoms with Crippen molar-refractivity contribution in [3.63, 3.8) is 0 Å². The van der Waals surface area contributed by atoms with E-state index in [9.17, 15) is 9.59 Å². The topological polar surface area (TPSA) is 83.4 Å². The molecule has 0 bridgehead atoms. The van der Waals surface area contributed by atoms with Crippen molar-refractivity contribution < 1.29 is 9.59 Å². The third-order valence-corrected chi connectivity index (χ3v) is 3.68. The summed E-state index contributed by atoms with van der Waals surface area (Å²) in [6.45, 7) is 1.72. The fourth-order valence-electron chi connectivity index (χ4n) is 2.50. The maximum atomic E-state index is 12.0. The van der Waals surface area contributed by atoms with Crippen LogP contribution in [0.1, 0.15) is 45.4 Å². The molecule has 118 valence electrons. The minimum absolute atomic E-state index is 0.0378. The van der Waals surface area contributed by atoms with Gasteiger partial charge in [0, 0.05) is 17.8 Å². The van der Waals surface area contributed by atoms with Gasteiger partial charge in [0.1, 0.15) is 5.82 Å². The van der Waals surface area contributed by atoms with Crippen LogP contribution in [0.3, 0.4) is 0 Å². The van der Waals surface area contributed by atoms with Crippen molar-refractivity contribution in [1.82, 2.24) is 10.4 Å². The van der Waals surface area contributed by atoms with Gasteiger partial charge in [-0.1, -0.05) is 25.3 Å². The molecule has 1 aromatic rings. The fraction of sp³-hybridized carbons (Fsp3) is 0.500. The molecule has 0 saturated heterocycles. The van der Waals surface area contributed by atoms with Gasteiger partial charge < -0.3 is 5.32 Å². The van der Waals surface area contributed by atoms with E-state index in [4.69, 9.17) is 0 Å². The van der Waals surface area contributed by atoms with E-state index in [1.54, 1.807) is 31.3 Å². The highest BCUT2D eigenvalue weighted by atomic mass is 16.2. The van der Waals surface area contributed by atoms with Crippen molar-refractivity contribution in [3.05, 3.63) is 24.4 Å². The van der Waals surface area contributed by atoms with Crippen LogP contribution in [0.25, 0.3) is 0 Å². The van der Waals surface area contributed by atoms with Crippen LogP contribution in [0.15, 0.2) is 29.5 Å². The van der Waals surface area contributed by atoms with Gasteiger partial charge in [-0.15, -0.1) is 0 Å². The second-order valence-corrected chi connectivity index (χ2v) is 5.60. The van der Waals surface area contributed by atoms with E-state index >= 15 is 0 Å². The molecule has 2 amide bonds. The number of aromatic nitrogens is 1. The molecule has 6 heteroatoms. The number of carbonyl (C=O) groups excluding carboxylic acids is 2. The Morgan fingerprint density at radius 2 is 2.05 bits per heavy atom. The minimum atomic E-state index is -0.202. The molecule has 0 aliphatic heterocycles. The van der Waals surface area contributed by atoms with Crippen LogP contribution >= 0.6 is 0 Å². The summed E-state index contributed by atoms with van der Waals surface area (Å²) in [5, 5.41) is 6.70. The number of hydrogen-bond donors (Lipinski definition) is 2. The maximum absolute atomic E-state index is 12.0. The standard InChI is InChI=1S/C16H22N4O2/c1-12(11-15(21)18-14-9-5-6-10-17-14)19-20-16(22)13-7-3-2-4-8-13/h5-6,9-10,13H,2-4,7-8,11H2,1H3,(H,20,22)(H,17,18,21)/b19-12+. The largest absolute Gasteiger partial charge is 0.310 e. The van der Waals surface area contributed by atoms with Gasteiger partial charge >= 0.3 is 0 Å². The lowest BCUT2D eigenvalue weighted by Gasteiger charge is -2.19. The molecule has 1 aromatic heterocycles. The lowest BCUT2D eigenvalue weighted by atomic mass is 9.89. The van der Waals surface area contributed by atoms with Gasteiger partial charge in [-0.2, -0.15) is 5.10 Å². The molecule has 1 fully saturated rings. The van der Waals surface area contributed by atoms with Crippen LogP contribution in [0.4, 0.5) is 5.82 Å². The molecule has 1 saturated carbocycles. The Hall–Kier alpha value is -2.24. The Labute approximate surface area is 130 Å². The van der Waals surface area contributed by atoms with Crippen molar-refractivity contribution in [2.45, 2.75) is 45.4 Å². The third kappa shape index (κ3) is 5.27. The van der Waals surface area contributed by atoms with E-state index < -0.39 is 0 Å². The van der Waals surface area contributed by atoms with E-state index in [0.717, 1.165) is 25.7 Å². The highest BCUT2D eigenvalue weighted by Crippen LogP contribution is 2.23. The van der Waals surface area contributed by atoms with Crippen LogP contribution in [0.2, 0.25) is 0 Å². The number of nitrogens with zero attached hydrogens (tertiary/aromatic N) is 2. The first-order chi connectivity index (χ1) is 10.6. The van der Waals surface area contributed by atoms with Crippen LogP contribution < -0.4 is 10.7 Å². The Bertz CT molecular complexity index is 536. The SMILES string of the molecule is C/C(CC(=O)Nc1ccccn1)=N\NC(=O)C1CCCCC1. The number of anilines is 1. The average molecular weight is 302 g/mol. The molecule has 2 rings (SSSR count). The minimum Gasteiger partial charge on any atom is -0.310 e. The molecule has 0 aromatic carbocycles. The molecule has 6 nitrogen and oxygen atoms in total. The number of amides is 2. The smallest absolute Gasteiger partial charge is 0.243 e. The number of rotatable bonds is 5. The number of nitrogens with one attached hydrogen (secondary N) is 2. The van der Waals surface area contributed by atoms with E-state index in [1.165, 1.54) is 6.42 Å². The van der Waals surface area contributed by atoms with E-state index in [1.807, 2.05) is 0 Å². The van der Waals surface area contributed by atoms with Gasteiger partial charge in [-0.05, 0) is 31.9 Å². The summed E-state index contributed by atoms with van der Waals surface area (Å²) in [7, 11) is 0. The molecule has 2 N–H and O–H groups in total. The van der Waals surface area contributed by atoms with Gasteiger partial charge in [0.15, 0.2) is 0 Å². The monoisotopic (exact) mass is 302 g/mol. The molecule has 0 spiro atoms. The second-order valence-electron chi connectivity index (χ2n) is 5.60. The lowest BCUT2D eigenvalue weighted by molar-refractivity contribution is -0.126. The molecule has 1 aliphatic carbocycles. The zero-order valence-electron chi connectivity index (χ0n) is 12.8. The first-order valence-electron chi connectivity index (χ1n) is 7.69. The summed E-state index contributed by atoms with van der Waals surface area (Å²) in [6.07, 6.45) is 7.02. The Kier molecular flexibility index (Phi) is 6.06. The number of pyridine rings is 1. The molecule has 0 atom stereocenters. The molecule has 1 heterocycles. The van der Waals surface area contributed by atoms with E-state index in [2.05, 4.69) is 20.8 Å². The van der Waals surface area contributed by atoms with Gasteiger partial charge in [-0.3, -0.25) is 9.59 Å². The molecule has 22 heavy (non-hydrogen) atoms. The summed E-state index contributed by atoms with van der Waals surface area (Å²) in [6, 6.07) is 5.30. The number of hydrogen-bond acceptors (Lipinski definition) is 4. The van der Waals surface area contributed by atoms with Gasteiger partial charge in [-0.25, -0.2) is 10.4 Å². The first kappa shape index (κ1) is 16.1. The normalized spacial score (nSPS) is 16.1. The first-order valence-corrected chi connectivity index (χ1v) is 7.69. The van der Waals surface area contributed by atoms with Crippen molar-refractivity contribution in [3.8, 4) is 0 Å². The summed E-state index contributed by atoms with van der Waals surface area (Å²) in [5.41, 5.74) is 3.14. The maximum Gasteiger partial charge on any atom is 0.243 e. The predicted octanol–water partition coefficient (Wildman–Crippen LogP) is 2.48. The Morgan fingerprint density at radius 3 is 2.73 bits per heavy atom. The average Bonchev–Trinajstić information content (AvgIpc) is 2.54. The molecular weight excluding hydrogens is 280 g/mol. The summed E-state index contributed by atoms with van der Waals surface area (Å²) in [4.78, 5) is 27.8. The molecule has 0 radical (unpaired) electrons. The zero-order valence-corrected chi connectivity index (χ0v) is 12.8. The zero-order chi connectivity index (χ0) is 15.8. The van der Waals surface area contributed by atoms with Crippen molar-refractivity contribution in [2.24, 2.45) is 11.0 Å². The molecule has 1 aliphatic rings. The Morgan fingerprint density at radius 1 is 1.27 bits per heavy atom. The Balaban J connectivity index is 1.77. The summed E-state index contributed by atoms with van der Waals surface area (Å²) < 4.78 is 0. The number of carbonyl (C=O) groups is 2. The quantitative estimate of drug-likeness (QED) is 0.647. The van der Waals surface area contributed by atoms with Gasteiger partial charge in [0.05, 0.1) is 6.42 Å². The summed E-state index contributed by atoms with van der Waals surface area (Å²) in [5.74, 6) is 0.329. The van der Waals surface area contributed by atoms with Crippen molar-refractivity contribution >= 4 is 23.3 Å². The van der Waals surface area contributed by atoms with Crippen LogP contribution in [0, 0.1) is 5.92 Å². The van der Waals surface area contributed by atoms with Crippen LogP contribution in [-0.2, 0) is 9.59 Å². The van der Waals surface area contributed by atoms with Crippen molar-refractivity contribution in [2.75, 3.05) is 5.32 Å². The lowest BCUT2D eigenvalue weighted by Crippen LogP contribution is -2.29. The number of hydrazone groups is 1. The highest BCUT2D eigenvalue weighted by Gasteiger charge is 2.20. The molecular formula is C16H22N4O2.